The molecule has 0 aliphatic carbocycles. The van der Waals surface area contributed by atoms with E-state index in [9.17, 15) is 0 Å². The standard InChI is InChI=1S/C23H36O5/c1-15(6-9-20-13-21(25-5)12-17(3)27-20)22-16(2)14-26-23(28-22)18-7-10-19(24-4)11-8-18/h7-8,10-11,15-17,20-23H,6,9,12-14H2,1-5H3/t15-,16+,17-,20-,21+,22-,23?/m0/s1. The zero-order valence-electron chi connectivity index (χ0n) is 17.9. The van der Waals surface area contributed by atoms with Crippen molar-refractivity contribution >= 4 is 0 Å². The zero-order valence-corrected chi connectivity index (χ0v) is 17.9. The van der Waals surface area contributed by atoms with Crippen LogP contribution in [0.5, 0.6) is 5.75 Å². The first kappa shape index (κ1) is 21.6. The van der Waals surface area contributed by atoms with E-state index in [1.807, 2.05) is 24.3 Å². The van der Waals surface area contributed by atoms with Crippen molar-refractivity contribution in [1.82, 2.24) is 0 Å². The molecule has 0 bridgehead atoms. The third-order valence-electron chi connectivity index (χ3n) is 6.12. The lowest BCUT2D eigenvalue weighted by molar-refractivity contribution is -0.250. The molecule has 2 aliphatic heterocycles. The van der Waals surface area contributed by atoms with Crippen LogP contribution in [0.15, 0.2) is 24.3 Å². The minimum atomic E-state index is -0.307. The maximum atomic E-state index is 6.39. The van der Waals surface area contributed by atoms with Gasteiger partial charge < -0.3 is 23.7 Å². The van der Waals surface area contributed by atoms with Crippen molar-refractivity contribution in [3.8, 4) is 5.75 Å². The Hall–Kier alpha value is -1.14. The fraction of sp³-hybridized carbons (Fsp3) is 0.739. The summed E-state index contributed by atoms with van der Waals surface area (Å²) < 4.78 is 29.3. The molecule has 3 rings (SSSR count). The summed E-state index contributed by atoms with van der Waals surface area (Å²) in [6, 6.07) is 7.94. The van der Waals surface area contributed by atoms with Crippen molar-refractivity contribution in [2.45, 2.75) is 77.2 Å². The first-order chi connectivity index (χ1) is 13.5. The van der Waals surface area contributed by atoms with E-state index < -0.39 is 0 Å². The molecular formula is C23H36O5. The van der Waals surface area contributed by atoms with Gasteiger partial charge in [-0.3, -0.25) is 0 Å². The van der Waals surface area contributed by atoms with E-state index in [4.69, 9.17) is 23.7 Å². The molecule has 5 nitrogen and oxygen atoms in total. The van der Waals surface area contributed by atoms with E-state index in [0.717, 1.165) is 37.0 Å². The Morgan fingerprint density at radius 1 is 1.07 bits per heavy atom. The first-order valence-corrected chi connectivity index (χ1v) is 10.6. The van der Waals surface area contributed by atoms with Crippen LogP contribution in [0.1, 0.15) is 58.3 Å². The average molecular weight is 393 g/mol. The number of benzene rings is 1. The maximum absolute atomic E-state index is 6.39. The quantitative estimate of drug-likeness (QED) is 0.670. The molecule has 0 N–H and O–H groups in total. The largest absolute Gasteiger partial charge is 0.497 e. The van der Waals surface area contributed by atoms with Crippen LogP contribution in [-0.2, 0) is 18.9 Å². The summed E-state index contributed by atoms with van der Waals surface area (Å²) in [7, 11) is 3.48. The highest BCUT2D eigenvalue weighted by atomic mass is 16.7. The van der Waals surface area contributed by atoms with Crippen LogP contribution in [0.25, 0.3) is 0 Å². The second kappa shape index (κ2) is 10.1. The van der Waals surface area contributed by atoms with Gasteiger partial charge in [0.25, 0.3) is 0 Å². The normalized spacial score (nSPS) is 34.8. The molecule has 1 aromatic carbocycles. The molecule has 0 amide bonds. The Bertz CT molecular complexity index is 589. The second-order valence-electron chi connectivity index (χ2n) is 8.47. The van der Waals surface area contributed by atoms with E-state index >= 15 is 0 Å². The zero-order chi connectivity index (χ0) is 20.1. The summed E-state index contributed by atoms with van der Waals surface area (Å²) in [6.45, 7) is 7.36. The van der Waals surface area contributed by atoms with Gasteiger partial charge in [0.2, 0.25) is 0 Å². The van der Waals surface area contributed by atoms with E-state index in [2.05, 4.69) is 20.8 Å². The monoisotopic (exact) mass is 392 g/mol. The third-order valence-corrected chi connectivity index (χ3v) is 6.12. The van der Waals surface area contributed by atoms with Gasteiger partial charge in [0, 0.05) is 18.6 Å². The summed E-state index contributed by atoms with van der Waals surface area (Å²) in [5, 5.41) is 0. The molecular weight excluding hydrogens is 356 g/mol. The molecule has 1 aromatic rings. The van der Waals surface area contributed by atoms with Crippen LogP contribution >= 0.6 is 0 Å². The molecule has 28 heavy (non-hydrogen) atoms. The second-order valence-corrected chi connectivity index (χ2v) is 8.47. The smallest absolute Gasteiger partial charge is 0.184 e. The molecule has 2 aliphatic rings. The number of methoxy groups -OCH3 is 2. The molecule has 0 radical (unpaired) electrons. The predicted octanol–water partition coefficient (Wildman–Crippen LogP) is 4.74. The van der Waals surface area contributed by atoms with Crippen LogP contribution in [0.3, 0.4) is 0 Å². The molecule has 158 valence electrons. The third kappa shape index (κ3) is 5.47. The fourth-order valence-electron chi connectivity index (χ4n) is 4.47. The highest BCUT2D eigenvalue weighted by molar-refractivity contribution is 5.28. The SMILES string of the molecule is COc1ccc(C2OC[C@@H](C)[C@H]([C@@H](C)CC[C@H]3C[C@H](OC)C[C@H](C)O3)O2)cc1. The van der Waals surface area contributed by atoms with Gasteiger partial charge in [-0.25, -0.2) is 0 Å². The van der Waals surface area contributed by atoms with Gasteiger partial charge in [0.15, 0.2) is 6.29 Å². The van der Waals surface area contributed by atoms with Crippen molar-refractivity contribution in [3.05, 3.63) is 29.8 Å². The van der Waals surface area contributed by atoms with Crippen LogP contribution in [0.2, 0.25) is 0 Å². The van der Waals surface area contributed by atoms with E-state index in [1.165, 1.54) is 0 Å². The van der Waals surface area contributed by atoms with Crippen LogP contribution < -0.4 is 4.74 Å². The molecule has 5 heteroatoms. The van der Waals surface area contributed by atoms with Gasteiger partial charge in [0.05, 0.1) is 38.1 Å². The molecule has 2 saturated heterocycles. The molecule has 7 atom stereocenters. The molecule has 2 heterocycles. The van der Waals surface area contributed by atoms with E-state index in [0.29, 0.717) is 24.5 Å². The highest BCUT2D eigenvalue weighted by Gasteiger charge is 2.34. The van der Waals surface area contributed by atoms with Gasteiger partial charge in [0.1, 0.15) is 5.75 Å². The number of hydrogen-bond donors (Lipinski definition) is 0. The van der Waals surface area contributed by atoms with Gasteiger partial charge in [-0.15, -0.1) is 0 Å². The van der Waals surface area contributed by atoms with Crippen LogP contribution in [0.4, 0.5) is 0 Å². The Kier molecular flexibility index (Phi) is 7.75. The molecule has 0 aromatic heterocycles. The lowest BCUT2D eigenvalue weighted by Gasteiger charge is -2.39. The lowest BCUT2D eigenvalue weighted by atomic mass is 9.87. The summed E-state index contributed by atoms with van der Waals surface area (Å²) in [5.74, 6) is 1.66. The molecule has 1 unspecified atom stereocenters. The molecule has 0 spiro atoms. The van der Waals surface area contributed by atoms with Gasteiger partial charge >= 0.3 is 0 Å². The average Bonchev–Trinajstić information content (AvgIpc) is 2.72. The predicted molar refractivity (Wildman–Crippen MR) is 108 cm³/mol. The first-order valence-electron chi connectivity index (χ1n) is 10.6. The number of ether oxygens (including phenoxy) is 5. The topological polar surface area (TPSA) is 46.2 Å². The van der Waals surface area contributed by atoms with Crippen molar-refractivity contribution in [3.63, 3.8) is 0 Å². The van der Waals surface area contributed by atoms with Gasteiger partial charge in [-0.05, 0) is 50.7 Å². The number of rotatable bonds is 7. The van der Waals surface area contributed by atoms with Crippen molar-refractivity contribution < 1.29 is 23.7 Å². The Morgan fingerprint density at radius 3 is 2.50 bits per heavy atom. The highest BCUT2D eigenvalue weighted by Crippen LogP contribution is 2.35. The minimum Gasteiger partial charge on any atom is -0.497 e. The molecule has 2 fully saturated rings. The van der Waals surface area contributed by atoms with Crippen molar-refractivity contribution in [1.29, 1.82) is 0 Å². The summed E-state index contributed by atoms with van der Waals surface area (Å²) in [6.07, 6.45) is 4.86. The summed E-state index contributed by atoms with van der Waals surface area (Å²) in [5.41, 5.74) is 1.04. The Balaban J connectivity index is 1.54. The summed E-state index contributed by atoms with van der Waals surface area (Å²) in [4.78, 5) is 0. The van der Waals surface area contributed by atoms with Crippen molar-refractivity contribution in [2.75, 3.05) is 20.8 Å². The fourth-order valence-corrected chi connectivity index (χ4v) is 4.47. The van der Waals surface area contributed by atoms with Crippen LogP contribution in [0, 0.1) is 11.8 Å². The van der Waals surface area contributed by atoms with Gasteiger partial charge in [-0.1, -0.05) is 26.0 Å². The van der Waals surface area contributed by atoms with Crippen molar-refractivity contribution in [2.24, 2.45) is 11.8 Å². The maximum Gasteiger partial charge on any atom is 0.184 e. The van der Waals surface area contributed by atoms with E-state index in [1.54, 1.807) is 14.2 Å². The van der Waals surface area contributed by atoms with E-state index in [-0.39, 0.29) is 24.6 Å². The van der Waals surface area contributed by atoms with Gasteiger partial charge in [-0.2, -0.15) is 0 Å². The minimum absolute atomic E-state index is 0.181. The molecule has 0 saturated carbocycles. The number of hydrogen-bond acceptors (Lipinski definition) is 5. The summed E-state index contributed by atoms with van der Waals surface area (Å²) >= 11 is 0. The Labute approximate surface area is 169 Å². The van der Waals surface area contributed by atoms with Crippen LogP contribution in [-0.4, -0.2) is 45.2 Å². The lowest BCUT2D eigenvalue weighted by Crippen LogP contribution is -2.40. The Morgan fingerprint density at radius 2 is 1.82 bits per heavy atom.